The van der Waals surface area contributed by atoms with Crippen molar-refractivity contribution in [1.82, 2.24) is 0 Å². The SMILES string of the molecule is O=C(O)C[C@H]1C[C@@H]2c3cc(NC(=O)Nc4ccccc4F)ccc3O[C@@H]2[C@H](CO)O1. The number of anilines is 2. The average Bonchev–Trinajstić information content (AvgIpc) is 3.06. The summed E-state index contributed by atoms with van der Waals surface area (Å²) in [6, 6.07) is 10.3. The number of hydrogen-bond acceptors (Lipinski definition) is 5. The predicted octanol–water partition coefficient (Wildman–Crippen LogP) is 2.94. The predicted molar refractivity (Wildman–Crippen MR) is 105 cm³/mol. The molecule has 2 heterocycles. The van der Waals surface area contributed by atoms with E-state index in [0.29, 0.717) is 17.9 Å². The van der Waals surface area contributed by atoms with Crippen LogP contribution in [0.1, 0.15) is 24.3 Å². The molecular weight excluding hydrogens is 395 g/mol. The third-order valence-corrected chi connectivity index (χ3v) is 5.28. The van der Waals surface area contributed by atoms with Crippen molar-refractivity contribution in [2.24, 2.45) is 0 Å². The first-order chi connectivity index (χ1) is 14.4. The highest BCUT2D eigenvalue weighted by Gasteiger charge is 2.46. The summed E-state index contributed by atoms with van der Waals surface area (Å²) >= 11 is 0. The molecule has 0 aliphatic carbocycles. The Kier molecular flexibility index (Phi) is 5.56. The lowest BCUT2D eigenvalue weighted by Gasteiger charge is -2.36. The van der Waals surface area contributed by atoms with E-state index in [2.05, 4.69) is 10.6 Å². The molecule has 0 spiro atoms. The molecule has 4 N–H and O–H groups in total. The fourth-order valence-corrected chi connectivity index (χ4v) is 4.01. The van der Waals surface area contributed by atoms with Gasteiger partial charge in [0.1, 0.15) is 23.8 Å². The smallest absolute Gasteiger partial charge is 0.323 e. The second-order valence-corrected chi connectivity index (χ2v) is 7.31. The van der Waals surface area contributed by atoms with Crippen molar-refractivity contribution in [1.29, 1.82) is 0 Å². The van der Waals surface area contributed by atoms with Crippen LogP contribution in [-0.2, 0) is 9.53 Å². The number of carboxylic acid groups (broad SMARTS) is 1. The number of para-hydroxylation sites is 1. The van der Waals surface area contributed by atoms with Gasteiger partial charge in [0, 0.05) is 17.2 Å². The number of urea groups is 1. The zero-order chi connectivity index (χ0) is 21.3. The van der Waals surface area contributed by atoms with E-state index < -0.39 is 36.1 Å². The van der Waals surface area contributed by atoms with Crippen molar-refractivity contribution >= 4 is 23.4 Å². The van der Waals surface area contributed by atoms with Gasteiger partial charge < -0.3 is 30.3 Å². The number of aliphatic hydroxyl groups excluding tert-OH is 1. The molecule has 0 radical (unpaired) electrons. The number of amides is 2. The van der Waals surface area contributed by atoms with Crippen LogP contribution < -0.4 is 15.4 Å². The molecular formula is C21H21FN2O6. The number of fused-ring (bicyclic) bond motifs is 3. The topological polar surface area (TPSA) is 117 Å². The normalized spacial score (nSPS) is 24.3. The fraction of sp³-hybridized carbons (Fsp3) is 0.333. The number of rotatable bonds is 5. The van der Waals surface area contributed by atoms with Gasteiger partial charge in [-0.1, -0.05) is 12.1 Å². The number of carbonyl (C=O) groups excluding carboxylic acids is 1. The summed E-state index contributed by atoms with van der Waals surface area (Å²) in [6.07, 6.45) is -1.36. The number of aliphatic hydroxyl groups is 1. The van der Waals surface area contributed by atoms with Crippen molar-refractivity contribution in [3.63, 3.8) is 0 Å². The second kappa shape index (κ2) is 8.29. The molecule has 2 aromatic carbocycles. The molecule has 158 valence electrons. The molecule has 0 aromatic heterocycles. The molecule has 4 rings (SSSR count). The van der Waals surface area contributed by atoms with Gasteiger partial charge in [-0.25, -0.2) is 9.18 Å². The van der Waals surface area contributed by atoms with Gasteiger partial charge in [-0.2, -0.15) is 0 Å². The van der Waals surface area contributed by atoms with Crippen LogP contribution in [-0.4, -0.2) is 47.1 Å². The maximum atomic E-state index is 13.7. The van der Waals surface area contributed by atoms with Crippen LogP contribution in [0, 0.1) is 5.82 Å². The van der Waals surface area contributed by atoms with Crippen LogP contribution in [0.3, 0.4) is 0 Å². The Balaban J connectivity index is 1.50. The molecule has 1 fully saturated rings. The average molecular weight is 416 g/mol. The molecule has 2 aliphatic heterocycles. The van der Waals surface area contributed by atoms with E-state index in [1.807, 2.05) is 0 Å². The quantitative estimate of drug-likeness (QED) is 0.595. The summed E-state index contributed by atoms with van der Waals surface area (Å²) in [5, 5.41) is 23.9. The van der Waals surface area contributed by atoms with Gasteiger partial charge in [0.25, 0.3) is 0 Å². The summed E-state index contributed by atoms with van der Waals surface area (Å²) in [7, 11) is 0. The van der Waals surface area contributed by atoms with Crippen molar-refractivity contribution in [3.8, 4) is 5.75 Å². The zero-order valence-electron chi connectivity index (χ0n) is 15.9. The first-order valence-corrected chi connectivity index (χ1v) is 9.56. The number of aliphatic carboxylic acids is 1. The molecule has 0 saturated carbocycles. The standard InChI is InChI=1S/C21H21FN2O6/c22-15-3-1-2-4-16(15)24-21(28)23-11-5-6-17-13(7-11)14-8-12(9-19(26)27)29-18(10-25)20(14)30-17/h1-7,12,14,18,20,25H,8-10H2,(H,26,27)(H2,23,24,28)/t12-,14-,18+,20+/m1/s1. The minimum absolute atomic E-state index is 0.0614. The molecule has 0 bridgehead atoms. The Morgan fingerprint density at radius 3 is 2.70 bits per heavy atom. The zero-order valence-corrected chi connectivity index (χ0v) is 15.9. The first kappa shape index (κ1) is 20.1. The van der Waals surface area contributed by atoms with Crippen LogP contribution in [0.4, 0.5) is 20.6 Å². The van der Waals surface area contributed by atoms with Crippen molar-refractivity contribution in [2.45, 2.75) is 37.1 Å². The molecule has 30 heavy (non-hydrogen) atoms. The molecule has 8 nitrogen and oxygen atoms in total. The minimum Gasteiger partial charge on any atom is -0.487 e. The lowest BCUT2D eigenvalue weighted by Crippen LogP contribution is -2.46. The third kappa shape index (κ3) is 4.07. The molecule has 9 heteroatoms. The van der Waals surface area contributed by atoms with Gasteiger partial charge in [0.05, 0.1) is 24.8 Å². The number of ether oxygens (including phenoxy) is 2. The van der Waals surface area contributed by atoms with E-state index in [1.165, 1.54) is 18.2 Å². The Morgan fingerprint density at radius 1 is 1.17 bits per heavy atom. The molecule has 2 amide bonds. The van der Waals surface area contributed by atoms with E-state index in [-0.39, 0.29) is 24.6 Å². The van der Waals surface area contributed by atoms with E-state index >= 15 is 0 Å². The lowest BCUT2D eigenvalue weighted by atomic mass is 9.84. The first-order valence-electron chi connectivity index (χ1n) is 9.56. The van der Waals surface area contributed by atoms with Crippen LogP contribution in [0.2, 0.25) is 0 Å². The van der Waals surface area contributed by atoms with Crippen LogP contribution in [0.25, 0.3) is 0 Å². The number of carboxylic acids is 1. The Morgan fingerprint density at radius 2 is 1.97 bits per heavy atom. The maximum absolute atomic E-state index is 13.7. The van der Waals surface area contributed by atoms with Gasteiger partial charge in [-0.05, 0) is 36.8 Å². The van der Waals surface area contributed by atoms with Gasteiger partial charge in [0.2, 0.25) is 0 Å². The van der Waals surface area contributed by atoms with E-state index in [0.717, 1.165) is 5.56 Å². The van der Waals surface area contributed by atoms with Crippen molar-refractivity contribution < 1.29 is 33.7 Å². The monoisotopic (exact) mass is 416 g/mol. The fourth-order valence-electron chi connectivity index (χ4n) is 4.01. The molecule has 2 aliphatic rings. The highest BCUT2D eigenvalue weighted by atomic mass is 19.1. The second-order valence-electron chi connectivity index (χ2n) is 7.31. The van der Waals surface area contributed by atoms with Gasteiger partial charge in [0.15, 0.2) is 0 Å². The molecule has 4 atom stereocenters. The highest BCUT2D eigenvalue weighted by Crippen LogP contribution is 2.47. The number of nitrogens with one attached hydrogen (secondary N) is 2. The van der Waals surface area contributed by atoms with E-state index in [9.17, 15) is 19.1 Å². The summed E-state index contributed by atoms with van der Waals surface area (Å²) in [4.78, 5) is 23.3. The number of halogens is 1. The van der Waals surface area contributed by atoms with Crippen molar-refractivity contribution in [2.75, 3.05) is 17.2 Å². The summed E-state index contributed by atoms with van der Waals surface area (Å²) < 4.78 is 25.3. The summed E-state index contributed by atoms with van der Waals surface area (Å²) in [5.74, 6) is -1.09. The summed E-state index contributed by atoms with van der Waals surface area (Å²) in [5.41, 5.74) is 1.35. The number of carbonyl (C=O) groups is 2. The highest BCUT2D eigenvalue weighted by molar-refractivity contribution is 5.99. The maximum Gasteiger partial charge on any atom is 0.323 e. The molecule has 1 saturated heterocycles. The van der Waals surface area contributed by atoms with Crippen LogP contribution in [0.5, 0.6) is 5.75 Å². The Labute approximate surface area is 171 Å². The summed E-state index contributed by atoms with van der Waals surface area (Å²) in [6.45, 7) is -0.290. The van der Waals surface area contributed by atoms with Crippen LogP contribution >= 0.6 is 0 Å². The Bertz CT molecular complexity index is 968. The number of benzene rings is 2. The van der Waals surface area contributed by atoms with Gasteiger partial charge in [-0.3, -0.25) is 4.79 Å². The van der Waals surface area contributed by atoms with E-state index in [1.54, 1.807) is 24.3 Å². The molecule has 0 unspecified atom stereocenters. The van der Waals surface area contributed by atoms with E-state index in [4.69, 9.17) is 14.6 Å². The largest absolute Gasteiger partial charge is 0.487 e. The number of hydrogen-bond donors (Lipinski definition) is 4. The Hall–Kier alpha value is -3.17. The molecule has 2 aromatic rings. The lowest BCUT2D eigenvalue weighted by molar-refractivity contribution is -0.153. The van der Waals surface area contributed by atoms with Crippen molar-refractivity contribution in [3.05, 3.63) is 53.8 Å². The van der Waals surface area contributed by atoms with Gasteiger partial charge in [-0.15, -0.1) is 0 Å². The van der Waals surface area contributed by atoms with Gasteiger partial charge >= 0.3 is 12.0 Å². The van der Waals surface area contributed by atoms with Crippen LogP contribution in [0.15, 0.2) is 42.5 Å². The minimum atomic E-state index is -0.977. The third-order valence-electron chi connectivity index (χ3n) is 5.28.